The van der Waals surface area contributed by atoms with Gasteiger partial charge in [0.2, 0.25) is 0 Å². The highest BCUT2D eigenvalue weighted by atomic mass is 31.1. The van der Waals surface area contributed by atoms with E-state index in [4.69, 9.17) is 33.3 Å². The molecule has 804 valence electrons. The molecule has 15 N–H and O–H groups in total. The zero-order chi connectivity index (χ0) is 110. The van der Waals surface area contributed by atoms with Crippen molar-refractivity contribution in [1.82, 2.24) is 52.7 Å². The third-order valence-corrected chi connectivity index (χ3v) is 35.3. The molecule has 0 radical (unpaired) electrons. The second-order valence-electron chi connectivity index (χ2n) is 37.1. The number of aliphatic hydroxyl groups excluding tert-OH is 3. The van der Waals surface area contributed by atoms with Crippen molar-refractivity contribution in [2.75, 3.05) is 97.7 Å². The Hall–Kier alpha value is -14.2. The lowest BCUT2D eigenvalue weighted by molar-refractivity contribution is 0.0929. The molecule has 42 heteroatoms. The molecule has 13 aromatic rings. The molecular weight excluding hydrogens is 2010 g/mol. The Morgan fingerprint density at radius 2 is 0.700 bits per heavy atom. The van der Waals surface area contributed by atoms with Crippen molar-refractivity contribution in [2.24, 2.45) is 0 Å². The first kappa shape index (κ1) is 121. The van der Waals surface area contributed by atoms with Crippen molar-refractivity contribution in [1.29, 1.82) is 0 Å². The maximum absolute atomic E-state index is 14.7. The SMILES string of the molecule is C1CCOC1.CC(C)(C)[Si](C)(C)C.CCc1ccc(Nc2c(-c3nnc(NCCO)o3)ccc(F)c2F)c(F)c1.CCc1ccc(Nc2c(-c3nnc(NCCO[Si](C)(C)C(C)(C)C)o3)ccc(F)c2F)c(F)c1.CCc1ccc(Nc2c(C(=O)NNC(=O)NCCO)ccc(F)c2F)c(F)c1.CCc1ccc(Nc2c(C(=O)NNC(=O)NCCO)ccc(F)c2F)c(F)c1.Cc1ccc(P(c2ccccc2)c2ccccc2)cc1. The van der Waals surface area contributed by atoms with Crippen LogP contribution < -0.4 is 80.2 Å². The van der Waals surface area contributed by atoms with Crippen LogP contribution in [0.25, 0.3) is 22.9 Å². The number of hydrogen-bond acceptors (Lipinski definition) is 21. The van der Waals surface area contributed by atoms with E-state index in [9.17, 15) is 71.9 Å². The molecule has 11 aromatic carbocycles. The van der Waals surface area contributed by atoms with E-state index in [1.54, 1.807) is 24.3 Å². The van der Waals surface area contributed by atoms with Crippen LogP contribution in [0.3, 0.4) is 0 Å². The van der Waals surface area contributed by atoms with Crippen molar-refractivity contribution >= 4 is 122 Å². The summed E-state index contributed by atoms with van der Waals surface area (Å²) in [5.74, 6) is -14.4. The largest absolute Gasteiger partial charge is 0.415 e. The number of halogens is 12. The molecule has 0 unspecified atom stereocenters. The average Bonchev–Trinajstić information content (AvgIpc) is 1.36. The number of benzene rings is 11. The number of aryl methyl sites for hydroxylation is 5. The van der Waals surface area contributed by atoms with Crippen LogP contribution in [-0.2, 0) is 34.8 Å². The van der Waals surface area contributed by atoms with Gasteiger partial charge in [0, 0.05) is 47.5 Å². The van der Waals surface area contributed by atoms with Crippen LogP contribution >= 0.6 is 7.92 Å². The van der Waals surface area contributed by atoms with Crippen molar-refractivity contribution < 1.29 is 105 Å². The fraction of sp³-hybridized carbons (Fsp3) is 0.315. The molecule has 1 aliphatic rings. The zero-order valence-corrected chi connectivity index (χ0v) is 89.2. The Morgan fingerprint density at radius 1 is 0.380 bits per heavy atom. The maximum atomic E-state index is 14.7. The molecular formula is C108H129F12N16O11PSi2. The summed E-state index contributed by atoms with van der Waals surface area (Å²) in [6.45, 7) is 36.8. The smallest absolute Gasteiger partial charge is 0.333 e. The molecule has 0 bridgehead atoms. The molecule has 6 amide bonds. The number of nitrogens with zero attached hydrogens (tertiary/aromatic N) is 4. The lowest BCUT2D eigenvalue weighted by atomic mass is 10.1. The molecule has 150 heavy (non-hydrogen) atoms. The minimum atomic E-state index is -1.88. The summed E-state index contributed by atoms with van der Waals surface area (Å²) in [4.78, 5) is 47.3. The van der Waals surface area contributed by atoms with Gasteiger partial charge in [0.1, 0.15) is 23.3 Å². The van der Waals surface area contributed by atoms with Crippen molar-refractivity contribution in [3.05, 3.63) is 315 Å². The number of aromatic nitrogens is 4. The molecule has 27 nitrogen and oxygen atoms in total. The van der Waals surface area contributed by atoms with Gasteiger partial charge in [-0.05, 0) is 212 Å². The predicted molar refractivity (Wildman–Crippen MR) is 571 cm³/mol. The Labute approximate surface area is 868 Å². The fourth-order valence-electron chi connectivity index (χ4n) is 12.7. The van der Waals surface area contributed by atoms with Crippen LogP contribution in [0.4, 0.5) is 120 Å². The Kier molecular flexibility index (Phi) is 47.3. The monoisotopic (exact) mass is 2140 g/mol. The van der Waals surface area contributed by atoms with Gasteiger partial charge in [-0.25, -0.2) is 73.1 Å². The fourth-order valence-corrected chi connectivity index (χ4v) is 16.1. The van der Waals surface area contributed by atoms with E-state index in [0.717, 1.165) is 60.7 Å². The minimum Gasteiger partial charge on any atom is -0.415 e. The number of carbonyl (C=O) groups excluding carboxylic acids is 4. The second kappa shape index (κ2) is 58.7. The molecule has 0 atom stereocenters. The summed E-state index contributed by atoms with van der Waals surface area (Å²) in [7, 11) is -3.20. The zero-order valence-electron chi connectivity index (χ0n) is 86.3. The van der Waals surface area contributed by atoms with E-state index in [1.165, 1.54) is 95.0 Å². The number of hydrazine groups is 2. The molecule has 0 saturated carbocycles. The van der Waals surface area contributed by atoms with E-state index < -0.39 is 129 Å². The number of aliphatic hydroxyl groups is 3. The highest BCUT2D eigenvalue weighted by Crippen LogP contribution is 2.42. The van der Waals surface area contributed by atoms with Gasteiger partial charge in [-0.15, -0.1) is 10.2 Å². The number of urea groups is 2. The standard InChI is InChI=1S/C24H31F3N4O2Si.C19H17P.2C18H19F3N4O3.C18H17F3N4O2.C7H18Si.C4H8O/c1-7-15-8-11-19(18(26)14-15)29-21-16(9-10-17(25)20(21)27)22-30-31-23(33-22)28-12-13-32-34(5,6)24(2,3)4;1-16-12-14-19(15-13-16)20(17-8-4-2-5-9-17)18-10-6-3-7-11-18;2*1-2-10-3-6-14(13(20)9-10)23-16-11(4-5-12(19)15(16)21)17(27)24-25-18(28)22-7-8-26;1-2-10-3-6-14(13(20)9-10)23-16-11(4-5-12(19)15(16)21)17-24-25-18(27-17)22-7-8-26;1-7(2,3)8(4,5)6;1-2-4-5-3-1/h8-11,14,29H,7,12-13H2,1-6H3,(H,28,31);2-15H,1H3;2*3-6,9,23,26H,2,7-8H2,1H3,(H,24,27)(H2,22,25,28);3-6,9,23,26H,2,7-8H2,1H3,(H,22,25);1-6H3;1-4H2. The van der Waals surface area contributed by atoms with Gasteiger partial charge in [-0.1, -0.05) is 214 Å². The number of rotatable bonds is 31. The predicted octanol–water partition coefficient (Wildman–Crippen LogP) is 23.1. The first-order valence-corrected chi connectivity index (χ1v) is 56.0. The summed E-state index contributed by atoms with van der Waals surface area (Å²) in [6.07, 6.45) is 5.02. The van der Waals surface area contributed by atoms with Crippen molar-refractivity contribution in [2.45, 2.75) is 157 Å². The first-order valence-electron chi connectivity index (χ1n) is 48.3. The minimum absolute atomic E-state index is 0.00333. The number of ether oxygens (including phenoxy) is 1. The highest BCUT2D eigenvalue weighted by molar-refractivity contribution is 7.79. The summed E-state index contributed by atoms with van der Waals surface area (Å²) in [6, 6.07) is 54.3. The number of hydrogen-bond donors (Lipinski definition) is 15. The lowest BCUT2D eigenvalue weighted by Crippen LogP contribution is -2.47. The van der Waals surface area contributed by atoms with Crippen LogP contribution in [0.2, 0.25) is 42.8 Å². The van der Waals surface area contributed by atoms with E-state index in [2.05, 4.69) is 229 Å². The topological polar surface area (TPSA) is 370 Å². The van der Waals surface area contributed by atoms with Crippen LogP contribution in [0.1, 0.15) is 131 Å². The molecule has 1 aliphatic heterocycles. The lowest BCUT2D eigenvalue weighted by Gasteiger charge is -2.36. The second-order valence-corrected chi connectivity index (χ2v) is 50.1. The van der Waals surface area contributed by atoms with E-state index >= 15 is 0 Å². The first-order chi connectivity index (χ1) is 71.3. The van der Waals surface area contributed by atoms with E-state index in [-0.39, 0.29) is 125 Å². The Bertz CT molecular complexity index is 6370. The van der Waals surface area contributed by atoms with Crippen LogP contribution in [0.15, 0.2) is 215 Å². The van der Waals surface area contributed by atoms with Crippen molar-refractivity contribution in [3.63, 3.8) is 0 Å². The molecule has 14 rings (SSSR count). The highest BCUT2D eigenvalue weighted by Gasteiger charge is 2.37. The van der Waals surface area contributed by atoms with Gasteiger partial charge in [0.25, 0.3) is 23.6 Å². The number of carbonyl (C=O) groups is 4. The van der Waals surface area contributed by atoms with Crippen LogP contribution in [0.5, 0.6) is 0 Å². The van der Waals surface area contributed by atoms with Gasteiger partial charge in [0.05, 0.1) is 94.2 Å². The molecule has 1 fully saturated rings. The Balaban J connectivity index is 0.000000222. The quantitative estimate of drug-likeness (QED) is 0.00631. The van der Waals surface area contributed by atoms with Gasteiger partial charge in [-0.2, -0.15) is 0 Å². The third kappa shape index (κ3) is 36.3. The van der Waals surface area contributed by atoms with E-state index in [1.807, 2.05) is 49.4 Å². The number of amides is 6. The average molecular weight is 2140 g/mol. The van der Waals surface area contributed by atoms with Crippen LogP contribution in [0, 0.1) is 76.7 Å². The normalized spacial score (nSPS) is 11.5. The summed E-state index contributed by atoms with van der Waals surface area (Å²) in [5, 5.41) is 66.3. The maximum Gasteiger partial charge on any atom is 0.333 e. The molecule has 1 saturated heterocycles. The molecule has 2 aromatic heterocycles. The summed E-state index contributed by atoms with van der Waals surface area (Å²) < 4.78 is 192. The van der Waals surface area contributed by atoms with Gasteiger partial charge < -0.3 is 75.9 Å². The molecule has 0 spiro atoms. The van der Waals surface area contributed by atoms with Gasteiger partial charge in [0.15, 0.2) is 54.9 Å². The molecule has 0 aliphatic carbocycles. The van der Waals surface area contributed by atoms with Crippen molar-refractivity contribution in [3.8, 4) is 22.9 Å². The van der Waals surface area contributed by atoms with Crippen LogP contribution in [-0.4, -0.2) is 142 Å². The van der Waals surface area contributed by atoms with E-state index in [0.29, 0.717) is 55.0 Å². The van der Waals surface area contributed by atoms with Gasteiger partial charge >= 0.3 is 24.1 Å². The summed E-state index contributed by atoms with van der Waals surface area (Å²) >= 11 is 0. The van der Waals surface area contributed by atoms with Gasteiger partial charge in [-0.3, -0.25) is 20.4 Å². The Morgan fingerprint density at radius 3 is 1.01 bits per heavy atom. The molecule has 3 heterocycles. The summed E-state index contributed by atoms with van der Waals surface area (Å²) in [5.41, 5.74) is 9.63. The third-order valence-electron chi connectivity index (χ3n) is 23.8. The number of nitrogens with one attached hydrogen (secondary N) is 12. The number of anilines is 10.